The van der Waals surface area contributed by atoms with E-state index in [4.69, 9.17) is 5.11 Å². The highest BCUT2D eigenvalue weighted by Gasteiger charge is 2.15. The molecule has 1 unspecified atom stereocenters. The van der Waals surface area contributed by atoms with Gasteiger partial charge >= 0.3 is 5.97 Å². The molecule has 0 saturated heterocycles. The highest BCUT2D eigenvalue weighted by atomic mass is 32.1. The molecule has 0 aromatic carbocycles. The zero-order valence-corrected chi connectivity index (χ0v) is 11.8. The molecule has 0 saturated carbocycles. The van der Waals surface area contributed by atoms with E-state index in [9.17, 15) is 4.79 Å². The summed E-state index contributed by atoms with van der Waals surface area (Å²) < 4.78 is 0. The number of nitrogens with one attached hydrogen (secondary N) is 1. The van der Waals surface area contributed by atoms with Gasteiger partial charge in [0.1, 0.15) is 4.88 Å². The van der Waals surface area contributed by atoms with Gasteiger partial charge in [0.25, 0.3) is 0 Å². The molecule has 0 aliphatic rings. The summed E-state index contributed by atoms with van der Waals surface area (Å²) in [5.74, 6) is -0.913. The average Bonchev–Trinajstić information content (AvgIpc) is 2.88. The Morgan fingerprint density at radius 2 is 2.39 bits per heavy atom. The van der Waals surface area contributed by atoms with Crippen molar-refractivity contribution in [3.63, 3.8) is 0 Å². The van der Waals surface area contributed by atoms with E-state index in [-0.39, 0.29) is 6.04 Å². The van der Waals surface area contributed by atoms with Crippen LogP contribution in [-0.4, -0.2) is 22.1 Å². The first-order chi connectivity index (χ1) is 8.56. The number of carboxylic acid groups (broad SMARTS) is 1. The molecular formula is C12H14N2O2S2. The molecule has 0 bridgehead atoms. The van der Waals surface area contributed by atoms with Crippen LogP contribution in [0, 0.1) is 6.92 Å². The number of aryl methyl sites for hydroxylation is 1. The van der Waals surface area contributed by atoms with E-state index in [1.165, 1.54) is 16.9 Å². The van der Waals surface area contributed by atoms with Gasteiger partial charge in [0.15, 0.2) is 5.13 Å². The van der Waals surface area contributed by atoms with Crippen molar-refractivity contribution in [3.05, 3.63) is 33.0 Å². The van der Waals surface area contributed by atoms with Gasteiger partial charge < -0.3 is 10.4 Å². The predicted molar refractivity (Wildman–Crippen MR) is 74.9 cm³/mol. The summed E-state index contributed by atoms with van der Waals surface area (Å²) in [7, 11) is 0. The normalized spacial score (nSPS) is 12.3. The zero-order chi connectivity index (χ0) is 13.1. The first kappa shape index (κ1) is 13.0. The van der Waals surface area contributed by atoms with Crippen LogP contribution in [-0.2, 0) is 6.42 Å². The van der Waals surface area contributed by atoms with Crippen molar-refractivity contribution in [1.29, 1.82) is 0 Å². The van der Waals surface area contributed by atoms with E-state index in [2.05, 4.69) is 34.1 Å². The highest BCUT2D eigenvalue weighted by molar-refractivity contribution is 7.17. The number of rotatable bonds is 5. The fourth-order valence-electron chi connectivity index (χ4n) is 1.68. The molecule has 0 aliphatic heterocycles. The first-order valence-electron chi connectivity index (χ1n) is 5.54. The summed E-state index contributed by atoms with van der Waals surface area (Å²) >= 11 is 2.87. The fraction of sp³-hybridized carbons (Fsp3) is 0.333. The lowest BCUT2D eigenvalue weighted by atomic mass is 10.1. The molecule has 4 nitrogen and oxygen atoms in total. The Bertz CT molecular complexity index is 534. The number of hydrogen-bond donors (Lipinski definition) is 2. The van der Waals surface area contributed by atoms with Crippen molar-refractivity contribution in [2.45, 2.75) is 26.3 Å². The van der Waals surface area contributed by atoms with Crippen LogP contribution >= 0.6 is 22.7 Å². The largest absolute Gasteiger partial charge is 0.477 e. The number of carboxylic acids is 1. The Hall–Kier alpha value is -1.40. The predicted octanol–water partition coefficient (Wildman–Crippen LogP) is 3.25. The average molecular weight is 282 g/mol. The van der Waals surface area contributed by atoms with Crippen LogP contribution in [0.1, 0.15) is 27.9 Å². The third-order valence-corrected chi connectivity index (χ3v) is 4.29. The third-order valence-electron chi connectivity index (χ3n) is 2.48. The van der Waals surface area contributed by atoms with E-state index in [1.54, 1.807) is 18.3 Å². The van der Waals surface area contributed by atoms with Crippen LogP contribution in [0.5, 0.6) is 0 Å². The number of aromatic carboxylic acids is 1. The van der Waals surface area contributed by atoms with E-state index >= 15 is 0 Å². The maximum Gasteiger partial charge on any atom is 0.347 e. The van der Waals surface area contributed by atoms with Crippen molar-refractivity contribution in [1.82, 2.24) is 4.98 Å². The minimum Gasteiger partial charge on any atom is -0.477 e. The number of hydrogen-bond acceptors (Lipinski definition) is 5. The van der Waals surface area contributed by atoms with Gasteiger partial charge in [-0.25, -0.2) is 9.78 Å². The van der Waals surface area contributed by atoms with Gasteiger partial charge in [-0.3, -0.25) is 0 Å². The van der Waals surface area contributed by atoms with Gasteiger partial charge in [-0.1, -0.05) is 11.3 Å². The number of anilines is 1. The molecule has 2 N–H and O–H groups in total. The van der Waals surface area contributed by atoms with E-state index in [0.717, 1.165) is 6.42 Å². The first-order valence-corrected chi connectivity index (χ1v) is 7.30. The monoisotopic (exact) mass is 282 g/mol. The molecule has 0 spiro atoms. The van der Waals surface area contributed by atoms with Gasteiger partial charge in [0.2, 0.25) is 0 Å². The summed E-state index contributed by atoms with van der Waals surface area (Å²) in [6.07, 6.45) is 0.907. The zero-order valence-electron chi connectivity index (χ0n) is 10.1. The molecule has 0 amide bonds. The lowest BCUT2D eigenvalue weighted by Crippen LogP contribution is -2.17. The smallest absolute Gasteiger partial charge is 0.347 e. The fourth-order valence-corrected chi connectivity index (χ4v) is 3.28. The Kier molecular flexibility index (Phi) is 3.98. The van der Waals surface area contributed by atoms with Crippen LogP contribution in [0.2, 0.25) is 0 Å². The lowest BCUT2D eigenvalue weighted by Gasteiger charge is -2.11. The molecule has 18 heavy (non-hydrogen) atoms. The summed E-state index contributed by atoms with van der Waals surface area (Å²) in [6.45, 7) is 3.78. The van der Waals surface area contributed by atoms with E-state index in [1.807, 2.05) is 0 Å². The molecule has 0 aliphatic carbocycles. The van der Waals surface area contributed by atoms with Crippen molar-refractivity contribution >= 4 is 33.8 Å². The minimum atomic E-state index is -0.913. The number of thiazole rings is 1. The van der Waals surface area contributed by atoms with E-state index in [0.29, 0.717) is 15.7 Å². The Balaban J connectivity index is 2.01. The van der Waals surface area contributed by atoms with Crippen LogP contribution in [0.4, 0.5) is 5.13 Å². The minimum absolute atomic E-state index is 0.229. The molecule has 2 rings (SSSR count). The molecule has 2 heterocycles. The van der Waals surface area contributed by atoms with Crippen LogP contribution in [0.3, 0.4) is 0 Å². The molecular weight excluding hydrogens is 268 g/mol. The molecule has 0 radical (unpaired) electrons. The van der Waals surface area contributed by atoms with Crippen molar-refractivity contribution < 1.29 is 9.90 Å². The molecule has 1 atom stereocenters. The van der Waals surface area contributed by atoms with Crippen LogP contribution < -0.4 is 5.32 Å². The van der Waals surface area contributed by atoms with E-state index < -0.39 is 5.97 Å². The van der Waals surface area contributed by atoms with Gasteiger partial charge in [-0.2, -0.15) is 11.3 Å². The summed E-state index contributed by atoms with van der Waals surface area (Å²) in [4.78, 5) is 15.5. The second kappa shape index (κ2) is 5.49. The quantitative estimate of drug-likeness (QED) is 0.883. The van der Waals surface area contributed by atoms with Crippen molar-refractivity contribution in [3.8, 4) is 0 Å². The number of thiophene rings is 1. The summed E-state index contributed by atoms with van der Waals surface area (Å²) in [5, 5.41) is 17.1. The summed E-state index contributed by atoms with van der Waals surface area (Å²) in [6, 6.07) is 2.32. The molecule has 2 aromatic heterocycles. The maximum atomic E-state index is 10.9. The maximum absolute atomic E-state index is 10.9. The standard InChI is InChI=1S/C12H14N2O2S2/c1-7(5-9-3-4-17-6-9)13-12-14-8(2)10(18-12)11(15)16/h3-4,6-7H,5H2,1-2H3,(H,13,14)(H,15,16). The second-order valence-corrected chi connectivity index (χ2v) is 5.90. The topological polar surface area (TPSA) is 62.2 Å². The lowest BCUT2D eigenvalue weighted by molar-refractivity contribution is 0.0701. The van der Waals surface area contributed by atoms with Crippen molar-refractivity contribution in [2.24, 2.45) is 0 Å². The molecule has 96 valence electrons. The van der Waals surface area contributed by atoms with Crippen molar-refractivity contribution in [2.75, 3.05) is 5.32 Å². The number of aromatic nitrogens is 1. The van der Waals surface area contributed by atoms with Crippen LogP contribution in [0.25, 0.3) is 0 Å². The molecule has 2 aromatic rings. The SMILES string of the molecule is Cc1nc(NC(C)Cc2ccsc2)sc1C(=O)O. The third kappa shape index (κ3) is 3.08. The Morgan fingerprint density at radius 3 is 2.94 bits per heavy atom. The van der Waals surface area contributed by atoms with Gasteiger partial charge in [0.05, 0.1) is 5.69 Å². The molecule has 0 fully saturated rings. The molecule has 6 heteroatoms. The van der Waals surface area contributed by atoms with Gasteiger partial charge in [-0.05, 0) is 42.7 Å². The Morgan fingerprint density at radius 1 is 1.61 bits per heavy atom. The Labute approximate surface area is 113 Å². The number of nitrogens with zero attached hydrogens (tertiary/aromatic N) is 1. The number of carbonyl (C=O) groups is 1. The van der Waals surface area contributed by atoms with Gasteiger partial charge in [0, 0.05) is 6.04 Å². The summed E-state index contributed by atoms with van der Waals surface area (Å²) in [5.41, 5.74) is 1.85. The van der Waals surface area contributed by atoms with Crippen LogP contribution in [0.15, 0.2) is 16.8 Å². The highest BCUT2D eigenvalue weighted by Crippen LogP contribution is 2.23. The van der Waals surface area contributed by atoms with Gasteiger partial charge in [-0.15, -0.1) is 0 Å². The second-order valence-electron chi connectivity index (χ2n) is 4.12.